The molecule has 0 unspecified atom stereocenters. The van der Waals surface area contributed by atoms with Gasteiger partial charge in [0.1, 0.15) is 5.69 Å². The highest BCUT2D eigenvalue weighted by molar-refractivity contribution is 5.71. The molecular formula is C8H7NO4. The van der Waals surface area contributed by atoms with Crippen LogP contribution in [0.15, 0.2) is 23.4 Å². The molecule has 1 aromatic carbocycles. The molecule has 0 aromatic heterocycles. The molecule has 0 aliphatic carbocycles. The monoisotopic (exact) mass is 181 g/mol. The molecule has 1 N–H and O–H groups in total. The van der Waals surface area contributed by atoms with E-state index in [0.29, 0.717) is 0 Å². The Labute approximate surface area is 73.9 Å². The molecule has 68 valence electrons. The number of phenols is 1. The first kappa shape index (κ1) is 9.18. The first-order chi connectivity index (χ1) is 6.13. The van der Waals surface area contributed by atoms with Gasteiger partial charge in [-0.05, 0) is 17.3 Å². The summed E-state index contributed by atoms with van der Waals surface area (Å²) in [4.78, 5) is 20.6. The van der Waals surface area contributed by atoms with E-state index < -0.39 is 5.97 Å². The molecule has 0 aliphatic rings. The lowest BCUT2D eigenvalue weighted by atomic mass is 10.3. The fourth-order valence-electron chi connectivity index (χ4n) is 0.796. The van der Waals surface area contributed by atoms with Crippen molar-refractivity contribution in [2.45, 2.75) is 6.92 Å². The number of rotatable bonds is 2. The van der Waals surface area contributed by atoms with E-state index in [1.54, 1.807) is 0 Å². The van der Waals surface area contributed by atoms with Crippen LogP contribution in [0.4, 0.5) is 5.69 Å². The molecule has 1 rings (SSSR count). The molecule has 0 spiro atoms. The first-order valence-electron chi connectivity index (χ1n) is 3.48. The average Bonchev–Trinajstić information content (AvgIpc) is 2.08. The predicted octanol–water partition coefficient (Wildman–Crippen LogP) is 1.72. The number of ether oxygens (including phenoxy) is 1. The van der Waals surface area contributed by atoms with E-state index in [0.717, 1.165) is 0 Å². The second kappa shape index (κ2) is 3.66. The summed E-state index contributed by atoms with van der Waals surface area (Å²) in [5.41, 5.74) is 0.0917. The van der Waals surface area contributed by atoms with Crippen molar-refractivity contribution >= 4 is 11.7 Å². The molecule has 0 saturated carbocycles. The minimum Gasteiger partial charge on any atom is -0.504 e. The average molecular weight is 181 g/mol. The molecule has 0 amide bonds. The van der Waals surface area contributed by atoms with Crippen molar-refractivity contribution < 1.29 is 14.6 Å². The van der Waals surface area contributed by atoms with Gasteiger partial charge in [0.2, 0.25) is 0 Å². The second-order valence-corrected chi connectivity index (χ2v) is 2.34. The van der Waals surface area contributed by atoms with Crippen LogP contribution < -0.4 is 4.74 Å². The third-order valence-corrected chi connectivity index (χ3v) is 1.30. The summed E-state index contributed by atoms with van der Waals surface area (Å²) >= 11 is 0. The summed E-state index contributed by atoms with van der Waals surface area (Å²) in [6.07, 6.45) is 0. The van der Waals surface area contributed by atoms with Crippen LogP contribution in [0.1, 0.15) is 6.92 Å². The largest absolute Gasteiger partial charge is 0.504 e. The maximum Gasteiger partial charge on any atom is 0.308 e. The van der Waals surface area contributed by atoms with Gasteiger partial charge in [0.25, 0.3) is 0 Å². The lowest BCUT2D eigenvalue weighted by molar-refractivity contribution is -0.132. The van der Waals surface area contributed by atoms with Crippen LogP contribution >= 0.6 is 0 Å². The number of nitrogens with zero attached hydrogens (tertiary/aromatic N) is 1. The Hall–Kier alpha value is -1.91. The van der Waals surface area contributed by atoms with Crippen molar-refractivity contribution in [2.75, 3.05) is 0 Å². The maximum absolute atomic E-state index is 10.5. The molecule has 0 bridgehead atoms. The van der Waals surface area contributed by atoms with E-state index in [1.807, 2.05) is 0 Å². The highest BCUT2D eigenvalue weighted by Crippen LogP contribution is 2.30. The van der Waals surface area contributed by atoms with Crippen LogP contribution in [-0.4, -0.2) is 11.1 Å². The lowest BCUT2D eigenvalue weighted by Gasteiger charge is -2.02. The fourth-order valence-corrected chi connectivity index (χ4v) is 0.796. The third kappa shape index (κ3) is 2.26. The van der Waals surface area contributed by atoms with E-state index in [9.17, 15) is 9.70 Å². The van der Waals surface area contributed by atoms with Gasteiger partial charge in [-0.3, -0.25) is 4.79 Å². The van der Waals surface area contributed by atoms with Gasteiger partial charge >= 0.3 is 5.97 Å². The Morgan fingerprint density at radius 1 is 1.54 bits per heavy atom. The van der Waals surface area contributed by atoms with Crippen molar-refractivity contribution in [3.05, 3.63) is 23.1 Å². The van der Waals surface area contributed by atoms with Crippen molar-refractivity contribution in [3.63, 3.8) is 0 Å². The smallest absolute Gasteiger partial charge is 0.308 e. The molecular weight excluding hydrogens is 174 g/mol. The number of aromatic hydroxyl groups is 1. The molecule has 0 atom stereocenters. The SMILES string of the molecule is CC(=O)Oc1cc(N=O)ccc1O. The molecule has 0 saturated heterocycles. The van der Waals surface area contributed by atoms with Gasteiger partial charge in [-0.25, -0.2) is 0 Å². The topological polar surface area (TPSA) is 76.0 Å². The molecule has 5 heteroatoms. The summed E-state index contributed by atoms with van der Waals surface area (Å²) in [5, 5.41) is 11.8. The Bertz CT molecular complexity index is 348. The predicted molar refractivity (Wildman–Crippen MR) is 44.9 cm³/mol. The normalized spacial score (nSPS) is 9.31. The van der Waals surface area contributed by atoms with Crippen LogP contribution in [0, 0.1) is 4.91 Å². The summed E-state index contributed by atoms with van der Waals surface area (Å²) in [7, 11) is 0. The van der Waals surface area contributed by atoms with Crippen LogP contribution in [0.3, 0.4) is 0 Å². The van der Waals surface area contributed by atoms with Gasteiger partial charge in [-0.1, -0.05) is 0 Å². The highest BCUT2D eigenvalue weighted by Gasteiger charge is 2.06. The van der Waals surface area contributed by atoms with E-state index in [4.69, 9.17) is 5.11 Å². The number of esters is 1. The molecule has 0 radical (unpaired) electrons. The second-order valence-electron chi connectivity index (χ2n) is 2.34. The molecule has 5 nitrogen and oxygen atoms in total. The Kier molecular flexibility index (Phi) is 2.59. The van der Waals surface area contributed by atoms with Crippen LogP contribution in [0.5, 0.6) is 11.5 Å². The van der Waals surface area contributed by atoms with Crippen molar-refractivity contribution in [2.24, 2.45) is 5.18 Å². The van der Waals surface area contributed by atoms with E-state index in [-0.39, 0.29) is 17.2 Å². The summed E-state index contributed by atoms with van der Waals surface area (Å²) in [5.74, 6) is -0.842. The van der Waals surface area contributed by atoms with Crippen molar-refractivity contribution in [1.29, 1.82) is 0 Å². The molecule has 0 heterocycles. The molecule has 0 aliphatic heterocycles. The van der Waals surface area contributed by atoms with Crippen molar-refractivity contribution in [3.8, 4) is 11.5 Å². The quantitative estimate of drug-likeness (QED) is 0.428. The van der Waals surface area contributed by atoms with Crippen LogP contribution in [-0.2, 0) is 4.79 Å². The van der Waals surface area contributed by atoms with E-state index in [1.165, 1.54) is 25.1 Å². The Balaban J connectivity index is 3.03. The van der Waals surface area contributed by atoms with Crippen LogP contribution in [0.25, 0.3) is 0 Å². The third-order valence-electron chi connectivity index (χ3n) is 1.30. The van der Waals surface area contributed by atoms with Gasteiger partial charge in [-0.2, -0.15) is 0 Å². The standard InChI is InChI=1S/C8H7NO4/c1-5(10)13-8-4-6(9-12)2-3-7(8)11/h2-4,11H,1H3. The minimum atomic E-state index is -0.571. The van der Waals surface area contributed by atoms with Crippen molar-refractivity contribution in [1.82, 2.24) is 0 Å². The highest BCUT2D eigenvalue weighted by atomic mass is 16.5. The Morgan fingerprint density at radius 2 is 2.23 bits per heavy atom. The fraction of sp³-hybridized carbons (Fsp3) is 0.125. The molecule has 13 heavy (non-hydrogen) atoms. The molecule has 0 fully saturated rings. The number of benzene rings is 1. The van der Waals surface area contributed by atoms with Gasteiger partial charge in [0, 0.05) is 13.0 Å². The number of nitroso groups, excluding NO2 is 1. The zero-order chi connectivity index (χ0) is 9.84. The number of carbonyl (C=O) groups excluding carboxylic acids is 1. The zero-order valence-corrected chi connectivity index (χ0v) is 6.85. The number of phenolic OH excluding ortho intramolecular Hbond substituents is 1. The number of hydrogen-bond acceptors (Lipinski definition) is 5. The minimum absolute atomic E-state index is 0.0652. The van der Waals surface area contributed by atoms with Gasteiger partial charge in [0.15, 0.2) is 11.5 Å². The Morgan fingerprint density at radius 3 is 2.77 bits per heavy atom. The maximum atomic E-state index is 10.5. The molecule has 1 aromatic rings. The summed E-state index contributed by atoms with van der Waals surface area (Å²) in [6.45, 7) is 1.19. The summed E-state index contributed by atoms with van der Waals surface area (Å²) < 4.78 is 4.60. The van der Waals surface area contributed by atoms with Gasteiger partial charge in [0.05, 0.1) is 0 Å². The van der Waals surface area contributed by atoms with E-state index in [2.05, 4.69) is 9.91 Å². The van der Waals surface area contributed by atoms with Gasteiger partial charge in [-0.15, -0.1) is 4.91 Å². The van der Waals surface area contributed by atoms with Gasteiger partial charge < -0.3 is 9.84 Å². The van der Waals surface area contributed by atoms with E-state index >= 15 is 0 Å². The lowest BCUT2D eigenvalue weighted by Crippen LogP contribution is -2.01. The summed E-state index contributed by atoms with van der Waals surface area (Å²) in [6, 6.07) is 3.73. The van der Waals surface area contributed by atoms with Crippen LogP contribution in [0.2, 0.25) is 0 Å². The first-order valence-corrected chi connectivity index (χ1v) is 3.48. The zero-order valence-electron chi connectivity index (χ0n) is 6.85. The number of hydrogen-bond donors (Lipinski definition) is 1. The number of carbonyl (C=O) groups is 1.